The molecule has 0 aliphatic carbocycles. The summed E-state index contributed by atoms with van der Waals surface area (Å²) in [5.74, 6) is -6.28. The van der Waals surface area contributed by atoms with Crippen LogP contribution >= 0.6 is 0 Å². The summed E-state index contributed by atoms with van der Waals surface area (Å²) in [5.41, 5.74) is 0.566. The highest BCUT2D eigenvalue weighted by molar-refractivity contribution is 5.93. The highest BCUT2D eigenvalue weighted by atomic mass is 19.4. The first kappa shape index (κ1) is 20.5. The summed E-state index contributed by atoms with van der Waals surface area (Å²) in [6, 6.07) is 2.14. The van der Waals surface area contributed by atoms with Crippen molar-refractivity contribution in [1.82, 2.24) is 25.2 Å². The van der Waals surface area contributed by atoms with Crippen molar-refractivity contribution in [3.05, 3.63) is 30.2 Å². The minimum absolute atomic E-state index is 0.0460. The summed E-state index contributed by atoms with van der Waals surface area (Å²) < 4.78 is 60.5. The molecular weight excluding hydrogens is 381 g/mol. The number of fused-ring (bicyclic) bond motifs is 1. The number of piperidine rings is 1. The van der Waals surface area contributed by atoms with Crippen LogP contribution in [0.5, 0.6) is 0 Å². The molecule has 2 aromatic rings. The standard InChI is InChI=1S/C12H13F2N5O.C2HF3O2/c13-12(14)3-5-15-6-9(12)18-11(20)8-7-19-10(17-8)2-1-4-16-19;3-2(4,5)1(6)7/h1-2,4,7,9,15H,3,5-6H2,(H,18,20);(H,6,7)/t9-;/m1./s1. The smallest absolute Gasteiger partial charge is 0.475 e. The summed E-state index contributed by atoms with van der Waals surface area (Å²) in [6.45, 7) is 0.294. The molecule has 1 amide bonds. The molecule has 0 unspecified atom stereocenters. The first-order valence-corrected chi connectivity index (χ1v) is 7.50. The number of aliphatic carboxylic acids is 1. The molecule has 0 saturated carbocycles. The second kappa shape index (κ2) is 7.82. The largest absolute Gasteiger partial charge is 0.490 e. The quantitative estimate of drug-likeness (QED) is 0.657. The fourth-order valence-corrected chi connectivity index (χ4v) is 2.15. The maximum absolute atomic E-state index is 13.7. The third-order valence-corrected chi connectivity index (χ3v) is 3.51. The Morgan fingerprint density at radius 2 is 2.04 bits per heavy atom. The average molecular weight is 395 g/mol. The van der Waals surface area contributed by atoms with Gasteiger partial charge >= 0.3 is 12.1 Å². The van der Waals surface area contributed by atoms with Crippen LogP contribution in [-0.4, -0.2) is 62.8 Å². The molecule has 1 aliphatic heterocycles. The van der Waals surface area contributed by atoms with Crippen molar-refractivity contribution in [2.75, 3.05) is 13.1 Å². The third kappa shape index (κ3) is 5.32. The molecule has 0 spiro atoms. The molecule has 27 heavy (non-hydrogen) atoms. The predicted octanol–water partition coefficient (Wildman–Crippen LogP) is 1.09. The molecule has 0 bridgehead atoms. The van der Waals surface area contributed by atoms with E-state index >= 15 is 0 Å². The minimum atomic E-state index is -5.08. The highest BCUT2D eigenvalue weighted by Crippen LogP contribution is 2.25. The zero-order chi connectivity index (χ0) is 20.2. The molecule has 3 heterocycles. The molecular formula is C14H14F5N5O3. The number of nitrogens with one attached hydrogen (secondary N) is 2. The van der Waals surface area contributed by atoms with E-state index in [1.807, 2.05) is 0 Å². The van der Waals surface area contributed by atoms with Gasteiger partial charge in [-0.2, -0.15) is 18.3 Å². The first-order chi connectivity index (χ1) is 12.5. The number of carboxylic acids is 1. The minimum Gasteiger partial charge on any atom is -0.475 e. The first-order valence-electron chi connectivity index (χ1n) is 7.50. The number of aromatic nitrogens is 3. The Morgan fingerprint density at radius 1 is 1.37 bits per heavy atom. The molecule has 13 heteroatoms. The van der Waals surface area contributed by atoms with Gasteiger partial charge in [0.1, 0.15) is 11.7 Å². The Morgan fingerprint density at radius 3 is 2.59 bits per heavy atom. The van der Waals surface area contributed by atoms with Crippen LogP contribution in [0.2, 0.25) is 0 Å². The van der Waals surface area contributed by atoms with E-state index in [4.69, 9.17) is 9.90 Å². The average Bonchev–Trinajstić information content (AvgIpc) is 3.00. The van der Waals surface area contributed by atoms with Crippen molar-refractivity contribution in [3.63, 3.8) is 0 Å². The monoisotopic (exact) mass is 395 g/mol. The van der Waals surface area contributed by atoms with Crippen molar-refractivity contribution in [2.45, 2.75) is 24.6 Å². The molecule has 3 N–H and O–H groups in total. The van der Waals surface area contributed by atoms with Gasteiger partial charge in [0.2, 0.25) is 0 Å². The van der Waals surface area contributed by atoms with E-state index in [0.29, 0.717) is 5.65 Å². The van der Waals surface area contributed by atoms with Gasteiger partial charge in [-0.15, -0.1) is 0 Å². The third-order valence-electron chi connectivity index (χ3n) is 3.51. The molecule has 1 saturated heterocycles. The zero-order valence-electron chi connectivity index (χ0n) is 13.5. The number of alkyl halides is 5. The summed E-state index contributed by atoms with van der Waals surface area (Å²) in [4.78, 5) is 24.9. The van der Waals surface area contributed by atoms with Crippen LogP contribution in [0.4, 0.5) is 22.0 Å². The van der Waals surface area contributed by atoms with Crippen molar-refractivity contribution in [1.29, 1.82) is 0 Å². The second-order valence-electron chi connectivity index (χ2n) is 5.50. The molecule has 3 rings (SSSR count). The number of carbonyl (C=O) groups excluding carboxylic acids is 1. The fourth-order valence-electron chi connectivity index (χ4n) is 2.15. The lowest BCUT2D eigenvalue weighted by atomic mass is 10.0. The second-order valence-corrected chi connectivity index (χ2v) is 5.50. The molecule has 8 nitrogen and oxygen atoms in total. The fraction of sp³-hybridized carbons (Fsp3) is 0.429. The topological polar surface area (TPSA) is 109 Å². The van der Waals surface area contributed by atoms with Crippen molar-refractivity contribution >= 4 is 17.5 Å². The van der Waals surface area contributed by atoms with Crippen molar-refractivity contribution < 1.29 is 36.6 Å². The molecule has 2 aromatic heterocycles. The number of imidazole rings is 1. The van der Waals surface area contributed by atoms with E-state index in [0.717, 1.165) is 0 Å². The molecule has 1 aliphatic rings. The van der Waals surface area contributed by atoms with Crippen LogP contribution in [0, 0.1) is 0 Å². The van der Waals surface area contributed by atoms with E-state index in [9.17, 15) is 26.7 Å². The van der Waals surface area contributed by atoms with Crippen molar-refractivity contribution in [2.24, 2.45) is 0 Å². The molecule has 0 radical (unpaired) electrons. The van der Waals surface area contributed by atoms with E-state index in [1.165, 1.54) is 10.7 Å². The number of halogens is 5. The maximum atomic E-state index is 13.7. The SMILES string of the molecule is O=C(N[C@@H]1CNCCC1(F)F)c1cn2ncccc2n1.O=C(O)C(F)(F)F. The molecule has 0 aromatic carbocycles. The Balaban J connectivity index is 0.000000321. The van der Waals surface area contributed by atoms with Gasteiger partial charge in [0.15, 0.2) is 5.65 Å². The highest BCUT2D eigenvalue weighted by Gasteiger charge is 2.42. The van der Waals surface area contributed by atoms with Crippen LogP contribution in [0.3, 0.4) is 0 Å². The van der Waals surface area contributed by atoms with E-state index in [-0.39, 0.29) is 25.2 Å². The summed E-state index contributed by atoms with van der Waals surface area (Å²) >= 11 is 0. The van der Waals surface area contributed by atoms with Gasteiger partial charge < -0.3 is 15.7 Å². The Labute approximate surface area is 148 Å². The maximum Gasteiger partial charge on any atom is 0.490 e. The Hall–Kier alpha value is -2.83. The molecule has 1 atom stereocenters. The Kier molecular flexibility index (Phi) is 5.93. The van der Waals surface area contributed by atoms with Crippen molar-refractivity contribution in [3.8, 4) is 0 Å². The van der Waals surface area contributed by atoms with E-state index < -0.39 is 30.0 Å². The van der Waals surface area contributed by atoms with Gasteiger partial charge in [0.05, 0.1) is 6.20 Å². The van der Waals surface area contributed by atoms with Gasteiger partial charge in [-0.05, 0) is 12.1 Å². The lowest BCUT2D eigenvalue weighted by molar-refractivity contribution is -0.192. The lowest BCUT2D eigenvalue weighted by Crippen LogP contribution is -2.57. The number of hydrogen-bond acceptors (Lipinski definition) is 5. The van der Waals surface area contributed by atoms with Gasteiger partial charge in [-0.25, -0.2) is 23.1 Å². The number of hydrogen-bond donors (Lipinski definition) is 3. The van der Waals surface area contributed by atoms with Crippen LogP contribution < -0.4 is 10.6 Å². The number of rotatable bonds is 2. The van der Waals surface area contributed by atoms with Crippen LogP contribution in [-0.2, 0) is 4.79 Å². The van der Waals surface area contributed by atoms with Crippen LogP contribution in [0.1, 0.15) is 16.9 Å². The number of carbonyl (C=O) groups is 2. The zero-order valence-corrected chi connectivity index (χ0v) is 13.5. The van der Waals surface area contributed by atoms with Gasteiger partial charge in [-0.3, -0.25) is 4.79 Å². The normalized spacial score (nSPS) is 19.1. The van der Waals surface area contributed by atoms with Gasteiger partial charge in [-0.1, -0.05) is 0 Å². The summed E-state index contributed by atoms with van der Waals surface area (Å²) in [5, 5.41) is 16.3. The summed E-state index contributed by atoms with van der Waals surface area (Å²) in [7, 11) is 0. The number of carboxylic acid groups (broad SMARTS) is 1. The predicted molar refractivity (Wildman–Crippen MR) is 80.4 cm³/mol. The van der Waals surface area contributed by atoms with E-state index in [2.05, 4.69) is 20.7 Å². The lowest BCUT2D eigenvalue weighted by Gasteiger charge is -2.32. The van der Waals surface area contributed by atoms with Gasteiger partial charge in [0, 0.05) is 25.7 Å². The van der Waals surface area contributed by atoms with Crippen LogP contribution in [0.25, 0.3) is 5.65 Å². The molecule has 1 fully saturated rings. The van der Waals surface area contributed by atoms with Gasteiger partial charge in [0.25, 0.3) is 11.8 Å². The Bertz CT molecular complexity index is 790. The molecule has 148 valence electrons. The van der Waals surface area contributed by atoms with E-state index in [1.54, 1.807) is 18.3 Å². The number of amides is 1. The van der Waals surface area contributed by atoms with Crippen LogP contribution in [0.15, 0.2) is 24.5 Å². The summed E-state index contributed by atoms with van der Waals surface area (Å²) in [6.07, 6.45) is -2.40. The number of nitrogens with zero attached hydrogens (tertiary/aromatic N) is 3.